The third-order valence-electron chi connectivity index (χ3n) is 5.93. The van der Waals surface area contributed by atoms with Crippen LogP contribution in [0.4, 0.5) is 11.8 Å². The summed E-state index contributed by atoms with van der Waals surface area (Å²) in [5.74, 6) is 1.98. The number of benzene rings is 2. The third kappa shape index (κ3) is 3.83. The fourth-order valence-electron chi connectivity index (χ4n) is 4.12. The first-order valence-electron chi connectivity index (χ1n) is 10.9. The van der Waals surface area contributed by atoms with Gasteiger partial charge >= 0.3 is 0 Å². The molecule has 0 saturated carbocycles. The van der Waals surface area contributed by atoms with Gasteiger partial charge in [-0.05, 0) is 24.3 Å². The van der Waals surface area contributed by atoms with Gasteiger partial charge in [0.15, 0.2) is 11.5 Å². The van der Waals surface area contributed by atoms with Crippen molar-refractivity contribution in [3.8, 4) is 17.2 Å². The maximum atomic E-state index is 13.2. The number of ether oxygens (including phenoxy) is 2. The lowest BCUT2D eigenvalue weighted by molar-refractivity contribution is 0.0737. The highest BCUT2D eigenvalue weighted by Gasteiger charge is 2.26. The Bertz CT molecular complexity index is 1330. The highest BCUT2D eigenvalue weighted by Crippen LogP contribution is 2.34. The minimum absolute atomic E-state index is 0.0585. The number of carbonyl (C=O) groups is 1. The van der Waals surface area contributed by atoms with Crippen molar-refractivity contribution in [1.29, 1.82) is 0 Å². The zero-order chi connectivity index (χ0) is 23.7. The molecule has 0 unspecified atom stereocenters. The van der Waals surface area contributed by atoms with E-state index in [1.165, 1.54) is 0 Å². The molecule has 1 aliphatic rings. The topological polar surface area (TPSA) is 112 Å². The maximum absolute atomic E-state index is 13.2. The smallest absolute Gasteiger partial charge is 0.272 e. The van der Waals surface area contributed by atoms with Crippen LogP contribution in [0, 0.1) is 0 Å². The van der Waals surface area contributed by atoms with Crippen LogP contribution in [0.2, 0.25) is 0 Å². The molecule has 34 heavy (non-hydrogen) atoms. The zero-order valence-corrected chi connectivity index (χ0v) is 19.0. The van der Waals surface area contributed by atoms with Crippen LogP contribution in [-0.2, 0) is 0 Å². The van der Waals surface area contributed by atoms with Crippen LogP contribution < -0.4 is 20.1 Å². The monoisotopic (exact) mass is 459 g/mol. The molecule has 2 aromatic carbocycles. The normalized spacial score (nSPS) is 13.8. The molecule has 0 atom stereocenters. The first kappa shape index (κ1) is 21.5. The Labute approximate surface area is 196 Å². The average Bonchev–Trinajstić information content (AvgIpc) is 3.38. The molecule has 10 nitrogen and oxygen atoms in total. The third-order valence-corrected chi connectivity index (χ3v) is 5.93. The number of piperazine rings is 1. The molecular weight excluding hydrogens is 434 g/mol. The largest absolute Gasteiger partial charge is 0.493 e. The summed E-state index contributed by atoms with van der Waals surface area (Å²) in [6, 6.07) is 14.9. The van der Waals surface area contributed by atoms with Crippen LogP contribution in [0.15, 0.2) is 54.7 Å². The highest BCUT2D eigenvalue weighted by atomic mass is 16.5. The Kier molecular flexibility index (Phi) is 5.62. The number of fused-ring (bicyclic) bond motifs is 1. The van der Waals surface area contributed by atoms with Crippen molar-refractivity contribution in [1.82, 2.24) is 24.6 Å². The first-order valence-corrected chi connectivity index (χ1v) is 10.9. The number of methoxy groups -OCH3 is 2. The summed E-state index contributed by atoms with van der Waals surface area (Å²) >= 11 is 0. The molecule has 1 aliphatic heterocycles. The van der Waals surface area contributed by atoms with Gasteiger partial charge in [0.1, 0.15) is 11.5 Å². The second kappa shape index (κ2) is 8.89. The molecule has 0 spiro atoms. The van der Waals surface area contributed by atoms with E-state index in [4.69, 9.17) is 20.2 Å². The average molecular weight is 460 g/mol. The number of carbonyl (C=O) groups excluding carboxylic acids is 1. The van der Waals surface area contributed by atoms with Gasteiger partial charge in [-0.2, -0.15) is 10.1 Å². The van der Waals surface area contributed by atoms with Gasteiger partial charge < -0.3 is 25.0 Å². The van der Waals surface area contributed by atoms with E-state index in [0.29, 0.717) is 66.0 Å². The highest BCUT2D eigenvalue weighted by molar-refractivity contribution is 5.93. The van der Waals surface area contributed by atoms with Crippen molar-refractivity contribution in [3.05, 3.63) is 60.4 Å². The molecule has 0 radical (unpaired) electrons. The molecular formula is C24H25N7O3. The van der Waals surface area contributed by atoms with E-state index in [2.05, 4.69) is 10.1 Å². The summed E-state index contributed by atoms with van der Waals surface area (Å²) in [5.41, 5.74) is 8.30. The summed E-state index contributed by atoms with van der Waals surface area (Å²) in [5, 5.41) is 5.03. The minimum atomic E-state index is -0.0585. The fourth-order valence-corrected chi connectivity index (χ4v) is 4.12. The van der Waals surface area contributed by atoms with E-state index in [9.17, 15) is 4.79 Å². The number of nitrogens with two attached hydrogens (primary N) is 1. The Morgan fingerprint density at radius 2 is 1.65 bits per heavy atom. The standard InChI is InChI=1S/C24H25N7O3/c1-33-20-14-17-18(15-21(20)34-2)27-24(28-22(17)25)30-12-10-29(11-13-30)23(32)19-8-9-26-31(19)16-6-4-3-5-7-16/h3-9,14-15H,10-13H2,1-2H3,(H2,25,27,28). The van der Waals surface area contributed by atoms with Gasteiger partial charge in [-0.1, -0.05) is 18.2 Å². The molecule has 0 bridgehead atoms. The summed E-state index contributed by atoms with van der Waals surface area (Å²) < 4.78 is 12.4. The van der Waals surface area contributed by atoms with E-state index < -0.39 is 0 Å². The van der Waals surface area contributed by atoms with Gasteiger partial charge in [-0.15, -0.1) is 0 Å². The van der Waals surface area contributed by atoms with Crippen LogP contribution in [0.25, 0.3) is 16.6 Å². The predicted octanol–water partition coefficient (Wildman–Crippen LogP) is 2.38. The van der Waals surface area contributed by atoms with E-state index in [0.717, 1.165) is 5.69 Å². The minimum Gasteiger partial charge on any atom is -0.493 e. The van der Waals surface area contributed by atoms with E-state index >= 15 is 0 Å². The van der Waals surface area contributed by atoms with Gasteiger partial charge in [0.05, 0.1) is 31.6 Å². The summed E-state index contributed by atoms with van der Waals surface area (Å²) in [6.45, 7) is 2.24. The molecule has 3 heterocycles. The Hall–Kier alpha value is -4.34. The van der Waals surface area contributed by atoms with E-state index in [1.807, 2.05) is 40.1 Å². The van der Waals surface area contributed by atoms with Gasteiger partial charge in [-0.25, -0.2) is 9.67 Å². The molecule has 1 fully saturated rings. The van der Waals surface area contributed by atoms with Crippen molar-refractivity contribution in [2.75, 3.05) is 51.0 Å². The lowest BCUT2D eigenvalue weighted by Crippen LogP contribution is -2.49. The number of anilines is 2. The number of hydrogen-bond acceptors (Lipinski definition) is 8. The molecule has 10 heteroatoms. The molecule has 174 valence electrons. The molecule has 2 N–H and O–H groups in total. The Balaban J connectivity index is 1.34. The molecule has 1 saturated heterocycles. The van der Waals surface area contributed by atoms with Gasteiger partial charge in [0, 0.05) is 37.6 Å². The van der Waals surface area contributed by atoms with Crippen molar-refractivity contribution in [2.45, 2.75) is 0 Å². The SMILES string of the molecule is COc1cc2nc(N3CCN(C(=O)c4ccnn4-c4ccccc4)CC3)nc(N)c2cc1OC. The number of para-hydroxylation sites is 1. The van der Waals surface area contributed by atoms with Crippen molar-refractivity contribution in [2.24, 2.45) is 0 Å². The predicted molar refractivity (Wildman–Crippen MR) is 129 cm³/mol. The van der Waals surface area contributed by atoms with E-state index in [-0.39, 0.29) is 5.91 Å². The fraction of sp³-hybridized carbons (Fsp3) is 0.250. The van der Waals surface area contributed by atoms with Crippen molar-refractivity contribution >= 4 is 28.6 Å². The second-order valence-corrected chi connectivity index (χ2v) is 7.88. The molecule has 4 aromatic rings. The van der Waals surface area contributed by atoms with E-state index in [1.54, 1.807) is 43.3 Å². The number of nitrogen functional groups attached to an aromatic ring is 1. The molecule has 0 aliphatic carbocycles. The number of amides is 1. The molecule has 5 rings (SSSR count). The second-order valence-electron chi connectivity index (χ2n) is 7.88. The number of nitrogens with zero attached hydrogens (tertiary/aromatic N) is 6. The van der Waals surface area contributed by atoms with Crippen molar-refractivity contribution < 1.29 is 14.3 Å². The van der Waals surface area contributed by atoms with Gasteiger partial charge in [-0.3, -0.25) is 4.79 Å². The molecule has 1 amide bonds. The summed E-state index contributed by atoms with van der Waals surface area (Å²) in [6.07, 6.45) is 1.64. The van der Waals surface area contributed by atoms with Crippen molar-refractivity contribution in [3.63, 3.8) is 0 Å². The lowest BCUT2D eigenvalue weighted by Gasteiger charge is -2.34. The van der Waals surface area contributed by atoms with Crippen LogP contribution in [0.1, 0.15) is 10.5 Å². The Morgan fingerprint density at radius 3 is 2.35 bits per heavy atom. The van der Waals surface area contributed by atoms with Crippen LogP contribution in [0.3, 0.4) is 0 Å². The summed E-state index contributed by atoms with van der Waals surface area (Å²) in [4.78, 5) is 26.3. The van der Waals surface area contributed by atoms with Crippen LogP contribution >= 0.6 is 0 Å². The van der Waals surface area contributed by atoms with Crippen LogP contribution in [0.5, 0.6) is 11.5 Å². The lowest BCUT2D eigenvalue weighted by atomic mass is 10.2. The number of aromatic nitrogens is 4. The van der Waals surface area contributed by atoms with Gasteiger partial charge in [0.2, 0.25) is 5.95 Å². The zero-order valence-electron chi connectivity index (χ0n) is 19.0. The maximum Gasteiger partial charge on any atom is 0.272 e. The quantitative estimate of drug-likeness (QED) is 0.484. The summed E-state index contributed by atoms with van der Waals surface area (Å²) in [7, 11) is 3.15. The van der Waals surface area contributed by atoms with Crippen LogP contribution in [-0.4, -0.2) is 71.0 Å². The molecule has 2 aromatic heterocycles. The van der Waals surface area contributed by atoms with Gasteiger partial charge in [0.25, 0.3) is 5.91 Å². The number of hydrogen-bond donors (Lipinski definition) is 1. The number of rotatable bonds is 5. The first-order chi connectivity index (χ1) is 16.6. The Morgan fingerprint density at radius 1 is 0.941 bits per heavy atom.